The van der Waals surface area contributed by atoms with E-state index in [2.05, 4.69) is 27.7 Å². The summed E-state index contributed by atoms with van der Waals surface area (Å²) >= 11 is 0. The van der Waals surface area contributed by atoms with Gasteiger partial charge in [0.2, 0.25) is 0 Å². The Hall–Kier alpha value is -0.0400. The van der Waals surface area contributed by atoms with Gasteiger partial charge in [-0.05, 0) is 48.9 Å². The fourth-order valence-corrected chi connectivity index (χ4v) is 4.80. The molecule has 2 fully saturated rings. The molecule has 0 radical (unpaired) electrons. The third kappa shape index (κ3) is 2.61. The Balaban J connectivity index is 2.14. The van der Waals surface area contributed by atoms with Crippen molar-refractivity contribution in [3.8, 4) is 0 Å². The van der Waals surface area contributed by atoms with Gasteiger partial charge in [-0.3, -0.25) is 0 Å². The zero-order chi connectivity index (χ0) is 13.4. The second-order valence-corrected chi connectivity index (χ2v) is 7.82. The van der Waals surface area contributed by atoms with Gasteiger partial charge in [0.25, 0.3) is 0 Å². The van der Waals surface area contributed by atoms with Gasteiger partial charge in [-0.15, -0.1) is 0 Å². The molecule has 0 spiro atoms. The summed E-state index contributed by atoms with van der Waals surface area (Å²) in [6.07, 6.45) is 9.99. The first kappa shape index (κ1) is 14.4. The van der Waals surface area contributed by atoms with E-state index in [9.17, 15) is 5.11 Å². The van der Waals surface area contributed by atoms with Crippen molar-refractivity contribution in [3.63, 3.8) is 0 Å². The summed E-state index contributed by atoms with van der Waals surface area (Å²) in [5, 5.41) is 11.3. The standard InChI is InChI=1S/C17H32O/c1-5-14-8-6-7-9-15(14)17(18)11-10-16(3,4)12-13(17)2/h13-15,18H,5-12H2,1-4H3. The summed E-state index contributed by atoms with van der Waals surface area (Å²) in [6.45, 7) is 9.33. The molecule has 18 heavy (non-hydrogen) atoms. The predicted octanol–water partition coefficient (Wildman–Crippen LogP) is 4.78. The first-order valence-corrected chi connectivity index (χ1v) is 8.11. The molecule has 0 heterocycles. The number of rotatable bonds is 2. The molecule has 0 saturated heterocycles. The Bertz CT molecular complexity index is 283. The Morgan fingerprint density at radius 3 is 2.39 bits per heavy atom. The topological polar surface area (TPSA) is 20.2 Å². The Kier molecular flexibility index (Phi) is 4.11. The van der Waals surface area contributed by atoms with Gasteiger partial charge in [-0.1, -0.05) is 53.4 Å². The smallest absolute Gasteiger partial charge is 0.0704 e. The van der Waals surface area contributed by atoms with Crippen LogP contribution in [-0.4, -0.2) is 10.7 Å². The Morgan fingerprint density at radius 1 is 1.11 bits per heavy atom. The highest BCUT2D eigenvalue weighted by Gasteiger charge is 2.49. The maximum Gasteiger partial charge on any atom is 0.0704 e. The molecule has 2 aliphatic rings. The molecule has 106 valence electrons. The quantitative estimate of drug-likeness (QED) is 0.750. The van der Waals surface area contributed by atoms with Crippen LogP contribution < -0.4 is 0 Å². The highest BCUT2D eigenvalue weighted by Crippen LogP contribution is 2.52. The molecule has 1 N–H and O–H groups in total. The van der Waals surface area contributed by atoms with Crippen LogP contribution in [0.1, 0.15) is 79.1 Å². The van der Waals surface area contributed by atoms with Gasteiger partial charge in [0.05, 0.1) is 5.60 Å². The van der Waals surface area contributed by atoms with Gasteiger partial charge in [0, 0.05) is 0 Å². The van der Waals surface area contributed by atoms with E-state index in [1.54, 1.807) is 0 Å². The lowest BCUT2D eigenvalue weighted by atomic mass is 9.57. The SMILES string of the molecule is CCC1CCCCC1C1(O)CCC(C)(C)CC1C. The van der Waals surface area contributed by atoms with Crippen molar-refractivity contribution < 1.29 is 5.11 Å². The first-order chi connectivity index (χ1) is 8.39. The van der Waals surface area contributed by atoms with Crippen LogP contribution in [0.25, 0.3) is 0 Å². The fraction of sp³-hybridized carbons (Fsp3) is 1.00. The molecule has 0 amide bonds. The van der Waals surface area contributed by atoms with E-state index in [0.717, 1.165) is 12.3 Å². The second kappa shape index (κ2) is 5.15. The molecular weight excluding hydrogens is 220 g/mol. The van der Waals surface area contributed by atoms with Crippen molar-refractivity contribution in [2.45, 2.75) is 84.7 Å². The highest BCUT2D eigenvalue weighted by atomic mass is 16.3. The normalized spacial score (nSPS) is 44.8. The van der Waals surface area contributed by atoms with Crippen LogP contribution >= 0.6 is 0 Å². The van der Waals surface area contributed by atoms with Crippen molar-refractivity contribution in [1.82, 2.24) is 0 Å². The van der Waals surface area contributed by atoms with Crippen LogP contribution in [-0.2, 0) is 0 Å². The molecule has 2 saturated carbocycles. The van der Waals surface area contributed by atoms with E-state index >= 15 is 0 Å². The van der Waals surface area contributed by atoms with Crippen molar-refractivity contribution in [1.29, 1.82) is 0 Å². The van der Waals surface area contributed by atoms with E-state index in [0.29, 0.717) is 17.3 Å². The lowest BCUT2D eigenvalue weighted by Gasteiger charge is -2.52. The van der Waals surface area contributed by atoms with Gasteiger partial charge in [0.1, 0.15) is 0 Å². The summed E-state index contributed by atoms with van der Waals surface area (Å²) in [7, 11) is 0. The van der Waals surface area contributed by atoms with Gasteiger partial charge >= 0.3 is 0 Å². The zero-order valence-electron chi connectivity index (χ0n) is 12.8. The van der Waals surface area contributed by atoms with E-state index in [4.69, 9.17) is 0 Å². The molecule has 4 unspecified atom stereocenters. The third-order valence-electron chi connectivity index (χ3n) is 5.99. The van der Waals surface area contributed by atoms with Gasteiger partial charge < -0.3 is 5.11 Å². The maximum atomic E-state index is 11.3. The summed E-state index contributed by atoms with van der Waals surface area (Å²) < 4.78 is 0. The number of hydrogen-bond acceptors (Lipinski definition) is 1. The summed E-state index contributed by atoms with van der Waals surface area (Å²) in [6, 6.07) is 0. The van der Waals surface area contributed by atoms with Crippen molar-refractivity contribution >= 4 is 0 Å². The predicted molar refractivity (Wildman–Crippen MR) is 77.5 cm³/mol. The van der Waals surface area contributed by atoms with Crippen LogP contribution in [0.4, 0.5) is 0 Å². The largest absolute Gasteiger partial charge is 0.389 e. The first-order valence-electron chi connectivity index (χ1n) is 8.11. The summed E-state index contributed by atoms with van der Waals surface area (Å²) in [5.74, 6) is 1.81. The molecule has 2 rings (SSSR count). The minimum absolute atomic E-state index is 0.364. The monoisotopic (exact) mass is 252 g/mol. The molecular formula is C17H32O. The molecule has 0 aliphatic heterocycles. The third-order valence-corrected chi connectivity index (χ3v) is 5.99. The minimum atomic E-state index is -0.364. The molecule has 1 heteroatoms. The van der Waals surface area contributed by atoms with Gasteiger partial charge in [-0.25, -0.2) is 0 Å². The highest BCUT2D eigenvalue weighted by molar-refractivity contribution is 5.00. The zero-order valence-corrected chi connectivity index (χ0v) is 12.8. The van der Waals surface area contributed by atoms with Crippen molar-refractivity contribution in [2.24, 2.45) is 23.2 Å². The van der Waals surface area contributed by atoms with E-state index in [1.165, 1.54) is 44.9 Å². The summed E-state index contributed by atoms with van der Waals surface area (Å²) in [4.78, 5) is 0. The molecule has 2 aliphatic carbocycles. The van der Waals surface area contributed by atoms with Gasteiger partial charge in [-0.2, -0.15) is 0 Å². The molecule has 0 bridgehead atoms. The van der Waals surface area contributed by atoms with E-state index in [1.807, 2.05) is 0 Å². The lowest BCUT2D eigenvalue weighted by molar-refractivity contribution is -0.136. The minimum Gasteiger partial charge on any atom is -0.389 e. The van der Waals surface area contributed by atoms with Crippen LogP contribution in [0.3, 0.4) is 0 Å². The Morgan fingerprint density at radius 2 is 1.78 bits per heavy atom. The summed E-state index contributed by atoms with van der Waals surface area (Å²) in [5.41, 5.74) is 0.0681. The lowest BCUT2D eigenvalue weighted by Crippen LogP contribution is -2.52. The average Bonchev–Trinajstić information content (AvgIpc) is 2.34. The number of hydrogen-bond donors (Lipinski definition) is 1. The van der Waals surface area contributed by atoms with E-state index in [-0.39, 0.29) is 5.60 Å². The van der Waals surface area contributed by atoms with Crippen LogP contribution in [0, 0.1) is 23.2 Å². The van der Waals surface area contributed by atoms with Gasteiger partial charge in [0.15, 0.2) is 0 Å². The second-order valence-electron chi connectivity index (χ2n) is 7.82. The van der Waals surface area contributed by atoms with E-state index < -0.39 is 0 Å². The Labute approximate surface area is 113 Å². The molecule has 0 aromatic heterocycles. The fourth-order valence-electron chi connectivity index (χ4n) is 4.80. The number of aliphatic hydroxyl groups is 1. The van der Waals surface area contributed by atoms with Crippen LogP contribution in [0.15, 0.2) is 0 Å². The molecule has 4 atom stereocenters. The molecule has 0 aromatic rings. The van der Waals surface area contributed by atoms with Crippen molar-refractivity contribution in [3.05, 3.63) is 0 Å². The average molecular weight is 252 g/mol. The van der Waals surface area contributed by atoms with Crippen molar-refractivity contribution in [2.75, 3.05) is 0 Å². The molecule has 1 nitrogen and oxygen atoms in total. The maximum absolute atomic E-state index is 11.3. The van der Waals surface area contributed by atoms with Crippen LogP contribution in [0.5, 0.6) is 0 Å². The molecule has 0 aromatic carbocycles. The van der Waals surface area contributed by atoms with Crippen LogP contribution in [0.2, 0.25) is 0 Å².